The normalized spacial score (nSPS) is 17.6. The van der Waals surface area contributed by atoms with Crippen molar-refractivity contribution < 1.29 is 14.6 Å². The molecule has 1 saturated heterocycles. The lowest BCUT2D eigenvalue weighted by Gasteiger charge is -2.47. The molecule has 5 heteroatoms. The summed E-state index contributed by atoms with van der Waals surface area (Å²) in [5, 5.41) is 11.0. The number of pyridine rings is 1. The average molecular weight is 286 g/mol. The number of rotatable bonds is 5. The highest BCUT2D eigenvalue weighted by molar-refractivity contribution is 5.84. The van der Waals surface area contributed by atoms with Crippen LogP contribution in [0.5, 0.6) is 0 Å². The fraction of sp³-hybridized carbons (Fsp3) is 0.375. The predicted molar refractivity (Wildman–Crippen MR) is 79.0 cm³/mol. The molecule has 1 aliphatic heterocycles. The second-order valence-corrected chi connectivity index (χ2v) is 5.80. The van der Waals surface area contributed by atoms with E-state index in [0.717, 1.165) is 25.0 Å². The van der Waals surface area contributed by atoms with Crippen molar-refractivity contribution in [1.82, 2.24) is 9.88 Å². The van der Waals surface area contributed by atoms with Crippen molar-refractivity contribution in [3.05, 3.63) is 42.2 Å². The summed E-state index contributed by atoms with van der Waals surface area (Å²) in [4.78, 5) is 17.1. The molecule has 1 aromatic heterocycles. The third-order valence-electron chi connectivity index (χ3n) is 3.80. The van der Waals surface area contributed by atoms with Crippen molar-refractivity contribution in [3.63, 3.8) is 0 Å². The van der Waals surface area contributed by atoms with Crippen LogP contribution in [0.3, 0.4) is 0 Å². The van der Waals surface area contributed by atoms with E-state index in [2.05, 4.69) is 22.0 Å². The van der Waals surface area contributed by atoms with E-state index in [-0.39, 0.29) is 12.2 Å². The van der Waals surface area contributed by atoms with Crippen LogP contribution in [0.25, 0.3) is 10.8 Å². The quantitative estimate of drug-likeness (QED) is 0.909. The maximum Gasteiger partial charge on any atom is 0.329 e. The Kier molecular flexibility index (Phi) is 3.61. The first-order valence-corrected chi connectivity index (χ1v) is 6.95. The molecule has 21 heavy (non-hydrogen) atoms. The van der Waals surface area contributed by atoms with E-state index in [4.69, 9.17) is 9.84 Å². The van der Waals surface area contributed by atoms with Crippen LogP contribution in [-0.4, -0.2) is 46.3 Å². The monoisotopic (exact) mass is 286 g/mol. The number of likely N-dealkylation sites (tertiary alicyclic amines) is 1. The van der Waals surface area contributed by atoms with E-state index in [1.54, 1.807) is 0 Å². The number of ether oxygens (including phenoxy) is 1. The minimum absolute atomic E-state index is 0.236. The van der Waals surface area contributed by atoms with Gasteiger partial charge in [0.1, 0.15) is 6.61 Å². The van der Waals surface area contributed by atoms with Crippen molar-refractivity contribution in [2.75, 3.05) is 19.7 Å². The molecular weight excluding hydrogens is 268 g/mol. The Morgan fingerprint density at radius 3 is 2.90 bits per heavy atom. The van der Waals surface area contributed by atoms with Gasteiger partial charge in [0.25, 0.3) is 0 Å². The molecule has 0 amide bonds. The third kappa shape index (κ3) is 3.04. The second kappa shape index (κ2) is 5.42. The van der Waals surface area contributed by atoms with Crippen LogP contribution in [0.2, 0.25) is 0 Å². The highest BCUT2D eigenvalue weighted by atomic mass is 16.5. The Balaban J connectivity index is 1.65. The number of aliphatic carboxylic acids is 1. The van der Waals surface area contributed by atoms with Gasteiger partial charge in [0.05, 0.1) is 5.60 Å². The first kappa shape index (κ1) is 14.0. The fourth-order valence-electron chi connectivity index (χ4n) is 2.88. The van der Waals surface area contributed by atoms with E-state index >= 15 is 0 Å². The zero-order chi connectivity index (χ0) is 14.9. The number of aromatic nitrogens is 1. The summed E-state index contributed by atoms with van der Waals surface area (Å²) >= 11 is 0. The van der Waals surface area contributed by atoms with Crippen molar-refractivity contribution in [2.45, 2.75) is 19.1 Å². The number of hydrogen-bond donors (Lipinski definition) is 1. The molecule has 0 aliphatic carbocycles. The Hall–Kier alpha value is -1.98. The van der Waals surface area contributed by atoms with Gasteiger partial charge in [-0.3, -0.25) is 9.88 Å². The topological polar surface area (TPSA) is 62.7 Å². The lowest BCUT2D eigenvalue weighted by molar-refractivity contribution is -0.165. The zero-order valence-electron chi connectivity index (χ0n) is 12.0. The largest absolute Gasteiger partial charge is 0.480 e. The first-order valence-electron chi connectivity index (χ1n) is 6.95. The van der Waals surface area contributed by atoms with E-state index in [9.17, 15) is 4.79 Å². The number of carboxylic acids is 1. The molecule has 110 valence electrons. The van der Waals surface area contributed by atoms with Gasteiger partial charge in [-0.25, -0.2) is 4.79 Å². The van der Waals surface area contributed by atoms with E-state index in [1.165, 1.54) is 10.9 Å². The molecule has 0 radical (unpaired) electrons. The third-order valence-corrected chi connectivity index (χ3v) is 3.80. The van der Waals surface area contributed by atoms with Crippen LogP contribution >= 0.6 is 0 Å². The molecule has 0 atom stereocenters. The van der Waals surface area contributed by atoms with Crippen LogP contribution in [0.1, 0.15) is 12.5 Å². The highest BCUT2D eigenvalue weighted by Crippen LogP contribution is 2.28. The minimum atomic E-state index is -0.923. The highest BCUT2D eigenvalue weighted by Gasteiger charge is 2.40. The lowest BCUT2D eigenvalue weighted by atomic mass is 9.95. The molecule has 2 aromatic rings. The number of hydrogen-bond acceptors (Lipinski definition) is 4. The van der Waals surface area contributed by atoms with E-state index in [1.807, 2.05) is 31.5 Å². The van der Waals surface area contributed by atoms with E-state index in [0.29, 0.717) is 0 Å². The summed E-state index contributed by atoms with van der Waals surface area (Å²) < 4.78 is 5.43. The summed E-state index contributed by atoms with van der Waals surface area (Å²) in [7, 11) is 0. The van der Waals surface area contributed by atoms with Gasteiger partial charge in [-0.2, -0.15) is 0 Å². The molecule has 3 rings (SSSR count). The van der Waals surface area contributed by atoms with E-state index < -0.39 is 5.97 Å². The van der Waals surface area contributed by atoms with Gasteiger partial charge < -0.3 is 9.84 Å². The SMILES string of the molecule is CC1(OCC(=O)O)CN(Cc2cncc3ccccc23)C1. The number of carboxylic acid groups (broad SMARTS) is 1. The number of nitrogens with zero attached hydrogens (tertiary/aromatic N) is 2. The smallest absolute Gasteiger partial charge is 0.329 e. The summed E-state index contributed by atoms with van der Waals surface area (Å²) in [6, 6.07) is 8.20. The Morgan fingerprint density at radius 1 is 1.38 bits per heavy atom. The Labute approximate surface area is 123 Å². The Morgan fingerprint density at radius 2 is 2.14 bits per heavy atom. The summed E-state index contributed by atoms with van der Waals surface area (Å²) in [6.45, 7) is 4.00. The molecule has 2 heterocycles. The van der Waals surface area contributed by atoms with Gasteiger partial charge in [-0.15, -0.1) is 0 Å². The second-order valence-electron chi connectivity index (χ2n) is 5.80. The van der Waals surface area contributed by atoms with Gasteiger partial charge in [0.15, 0.2) is 0 Å². The van der Waals surface area contributed by atoms with Crippen LogP contribution in [-0.2, 0) is 16.1 Å². The van der Waals surface area contributed by atoms with Gasteiger partial charge in [0.2, 0.25) is 0 Å². The lowest BCUT2D eigenvalue weighted by Crippen LogP contribution is -2.61. The Bertz CT molecular complexity index is 660. The van der Waals surface area contributed by atoms with Gasteiger partial charge >= 0.3 is 5.97 Å². The molecule has 1 aliphatic rings. The summed E-state index contributed by atoms with van der Waals surface area (Å²) in [6.07, 6.45) is 3.77. The maximum atomic E-state index is 10.6. The summed E-state index contributed by atoms with van der Waals surface area (Å²) in [5.41, 5.74) is 0.838. The molecule has 1 N–H and O–H groups in total. The molecule has 0 bridgehead atoms. The molecule has 1 fully saturated rings. The van der Waals surface area contributed by atoms with Crippen molar-refractivity contribution in [1.29, 1.82) is 0 Å². The molecule has 0 spiro atoms. The number of fused-ring (bicyclic) bond motifs is 1. The fourth-order valence-corrected chi connectivity index (χ4v) is 2.88. The summed E-state index contributed by atoms with van der Waals surface area (Å²) in [5.74, 6) is -0.923. The van der Waals surface area contributed by atoms with Crippen molar-refractivity contribution in [2.24, 2.45) is 0 Å². The average Bonchev–Trinajstić information content (AvgIpc) is 2.44. The minimum Gasteiger partial charge on any atom is -0.480 e. The van der Waals surface area contributed by atoms with Crippen molar-refractivity contribution in [3.8, 4) is 0 Å². The molecule has 5 nitrogen and oxygen atoms in total. The molecular formula is C16H18N2O3. The van der Waals surface area contributed by atoms with Crippen LogP contribution in [0.4, 0.5) is 0 Å². The number of carbonyl (C=O) groups is 1. The molecule has 1 aromatic carbocycles. The predicted octanol–water partition coefficient (Wildman–Crippen LogP) is 1.91. The van der Waals surface area contributed by atoms with Gasteiger partial charge in [0, 0.05) is 37.4 Å². The maximum absolute atomic E-state index is 10.6. The number of benzene rings is 1. The first-order chi connectivity index (χ1) is 10.1. The van der Waals surface area contributed by atoms with Crippen LogP contribution in [0.15, 0.2) is 36.7 Å². The van der Waals surface area contributed by atoms with Gasteiger partial charge in [-0.1, -0.05) is 24.3 Å². The standard InChI is InChI=1S/C16H18N2O3/c1-16(21-9-15(19)20)10-18(11-16)8-13-7-17-6-12-4-2-3-5-14(12)13/h2-7H,8-11H2,1H3,(H,19,20). The van der Waals surface area contributed by atoms with Gasteiger partial charge in [-0.05, 0) is 17.9 Å². The van der Waals surface area contributed by atoms with Crippen LogP contribution < -0.4 is 0 Å². The molecule has 0 saturated carbocycles. The van der Waals surface area contributed by atoms with Crippen molar-refractivity contribution >= 4 is 16.7 Å². The molecule has 0 unspecified atom stereocenters. The van der Waals surface area contributed by atoms with Crippen LogP contribution in [0, 0.1) is 0 Å². The zero-order valence-corrected chi connectivity index (χ0v) is 12.0.